The van der Waals surface area contributed by atoms with Crippen LogP contribution in [0.2, 0.25) is 0 Å². The summed E-state index contributed by atoms with van der Waals surface area (Å²) in [4.78, 5) is 20.4. The third kappa shape index (κ3) is 3.96. The number of benzene rings is 1. The summed E-state index contributed by atoms with van der Waals surface area (Å²) in [6.07, 6.45) is 4.63. The second-order valence-electron chi connectivity index (χ2n) is 6.71. The van der Waals surface area contributed by atoms with Gasteiger partial charge >= 0.3 is 0 Å². The van der Waals surface area contributed by atoms with E-state index >= 15 is 0 Å². The van der Waals surface area contributed by atoms with Crippen LogP contribution in [0.1, 0.15) is 18.4 Å². The summed E-state index contributed by atoms with van der Waals surface area (Å²) in [7, 11) is 0. The first-order valence-corrected chi connectivity index (χ1v) is 9.63. The molecule has 2 aromatic rings. The summed E-state index contributed by atoms with van der Waals surface area (Å²) in [5, 5.41) is 12.9. The van der Waals surface area contributed by atoms with Gasteiger partial charge in [-0.1, -0.05) is 6.07 Å². The van der Waals surface area contributed by atoms with Gasteiger partial charge in [0.1, 0.15) is 5.82 Å². The van der Waals surface area contributed by atoms with Crippen molar-refractivity contribution < 1.29 is 4.79 Å². The first kappa shape index (κ1) is 17.2. The van der Waals surface area contributed by atoms with Crippen LogP contribution in [0.4, 0.5) is 23.1 Å². The number of nitrogens with zero attached hydrogens (tertiary/aromatic N) is 2. The van der Waals surface area contributed by atoms with Crippen molar-refractivity contribution in [3.8, 4) is 0 Å². The van der Waals surface area contributed by atoms with E-state index in [2.05, 4.69) is 47.2 Å². The van der Waals surface area contributed by atoms with Gasteiger partial charge in [-0.3, -0.25) is 4.79 Å². The topological polar surface area (TPSA) is 91.0 Å². The van der Waals surface area contributed by atoms with Crippen molar-refractivity contribution in [3.63, 3.8) is 0 Å². The van der Waals surface area contributed by atoms with Crippen LogP contribution >= 0.6 is 15.9 Å². The van der Waals surface area contributed by atoms with Gasteiger partial charge in [0, 0.05) is 24.1 Å². The summed E-state index contributed by atoms with van der Waals surface area (Å²) < 4.78 is 0.841. The van der Waals surface area contributed by atoms with Gasteiger partial charge in [0.25, 0.3) is 0 Å². The Morgan fingerprint density at radius 1 is 1.35 bits per heavy atom. The number of nitrogens with one attached hydrogen (secondary N) is 4. The minimum Gasteiger partial charge on any atom is -0.369 e. The minimum atomic E-state index is 0.0285. The predicted molar refractivity (Wildman–Crippen MR) is 106 cm³/mol. The number of carbonyl (C=O) groups excluding carboxylic acids is 1. The van der Waals surface area contributed by atoms with Crippen molar-refractivity contribution in [1.82, 2.24) is 15.3 Å². The Morgan fingerprint density at radius 3 is 3.12 bits per heavy atom. The van der Waals surface area contributed by atoms with Crippen LogP contribution in [0, 0.1) is 5.92 Å². The Balaban J connectivity index is 1.44. The molecular formula is C18H21BrN6O. The quantitative estimate of drug-likeness (QED) is 0.598. The molecule has 1 fully saturated rings. The zero-order chi connectivity index (χ0) is 17.9. The van der Waals surface area contributed by atoms with Crippen LogP contribution in [0.5, 0.6) is 0 Å². The molecule has 1 saturated heterocycles. The average molecular weight is 417 g/mol. The van der Waals surface area contributed by atoms with Crippen LogP contribution in [0.25, 0.3) is 0 Å². The normalized spacial score (nSPS) is 19.0. The van der Waals surface area contributed by atoms with E-state index in [0.29, 0.717) is 18.3 Å². The van der Waals surface area contributed by atoms with E-state index in [1.807, 2.05) is 18.2 Å². The molecule has 26 heavy (non-hydrogen) atoms. The molecule has 7 nitrogen and oxygen atoms in total. The molecule has 0 saturated carbocycles. The third-order valence-corrected chi connectivity index (χ3v) is 5.27. The van der Waals surface area contributed by atoms with E-state index in [4.69, 9.17) is 0 Å². The molecular weight excluding hydrogens is 396 g/mol. The van der Waals surface area contributed by atoms with Gasteiger partial charge in [-0.25, -0.2) is 4.98 Å². The lowest BCUT2D eigenvalue weighted by molar-refractivity contribution is -0.115. The number of carbonyl (C=O) groups is 1. The largest absolute Gasteiger partial charge is 0.369 e. The van der Waals surface area contributed by atoms with Crippen molar-refractivity contribution in [1.29, 1.82) is 0 Å². The lowest BCUT2D eigenvalue weighted by Crippen LogP contribution is -2.33. The molecule has 1 atom stereocenters. The molecule has 1 amide bonds. The fraction of sp³-hybridized carbons (Fsp3) is 0.389. The Kier molecular flexibility index (Phi) is 5.03. The number of hydrogen-bond acceptors (Lipinski definition) is 6. The highest BCUT2D eigenvalue weighted by atomic mass is 79.9. The molecule has 1 aromatic carbocycles. The number of aromatic nitrogens is 2. The van der Waals surface area contributed by atoms with Crippen molar-refractivity contribution >= 4 is 45.0 Å². The fourth-order valence-electron chi connectivity index (χ4n) is 3.31. The number of piperidine rings is 1. The van der Waals surface area contributed by atoms with Gasteiger partial charge in [-0.05, 0) is 65.5 Å². The molecule has 0 bridgehead atoms. The second-order valence-corrected chi connectivity index (χ2v) is 7.56. The van der Waals surface area contributed by atoms with E-state index in [0.717, 1.165) is 46.9 Å². The summed E-state index contributed by atoms with van der Waals surface area (Å²) in [6, 6.07) is 5.79. The van der Waals surface area contributed by atoms with E-state index in [9.17, 15) is 4.79 Å². The molecule has 0 radical (unpaired) electrons. The molecule has 2 aliphatic heterocycles. The number of amides is 1. The number of fused-ring (bicyclic) bond motifs is 1. The van der Waals surface area contributed by atoms with E-state index < -0.39 is 0 Å². The Bertz CT molecular complexity index is 821. The van der Waals surface area contributed by atoms with E-state index in [1.54, 1.807) is 6.20 Å². The van der Waals surface area contributed by atoms with Crippen molar-refractivity contribution in [2.24, 2.45) is 5.92 Å². The smallest absolute Gasteiger partial charge is 0.229 e. The average Bonchev–Trinajstić information content (AvgIpc) is 3.02. The highest BCUT2D eigenvalue weighted by Crippen LogP contribution is 2.28. The van der Waals surface area contributed by atoms with E-state index in [1.165, 1.54) is 12.8 Å². The molecule has 1 aromatic heterocycles. The molecule has 3 heterocycles. The third-order valence-electron chi connectivity index (χ3n) is 4.69. The monoisotopic (exact) mass is 416 g/mol. The maximum absolute atomic E-state index is 11.5. The van der Waals surface area contributed by atoms with Gasteiger partial charge in [-0.2, -0.15) is 4.98 Å². The zero-order valence-electron chi connectivity index (χ0n) is 14.3. The number of anilines is 4. The molecule has 4 N–H and O–H groups in total. The van der Waals surface area contributed by atoms with Crippen LogP contribution in [0.3, 0.4) is 0 Å². The first-order valence-electron chi connectivity index (χ1n) is 8.84. The van der Waals surface area contributed by atoms with Crippen LogP contribution in [-0.4, -0.2) is 35.5 Å². The van der Waals surface area contributed by atoms with Gasteiger partial charge in [0.2, 0.25) is 11.9 Å². The number of hydrogen-bond donors (Lipinski definition) is 4. The maximum Gasteiger partial charge on any atom is 0.229 e. The molecule has 0 spiro atoms. The second kappa shape index (κ2) is 7.59. The van der Waals surface area contributed by atoms with Gasteiger partial charge < -0.3 is 21.3 Å². The number of halogens is 1. The summed E-state index contributed by atoms with van der Waals surface area (Å²) in [5.41, 5.74) is 2.71. The minimum absolute atomic E-state index is 0.0285. The summed E-state index contributed by atoms with van der Waals surface area (Å²) in [6.45, 7) is 3.04. The lowest BCUT2D eigenvalue weighted by Gasteiger charge is -2.23. The van der Waals surface area contributed by atoms with Crippen LogP contribution in [0.15, 0.2) is 28.9 Å². The van der Waals surface area contributed by atoms with Gasteiger partial charge in [0.05, 0.1) is 10.9 Å². The van der Waals surface area contributed by atoms with Crippen molar-refractivity contribution in [2.75, 3.05) is 35.6 Å². The SMILES string of the molecule is O=C1Cc2ccc(Nc3ncc(Br)c(NCC4CCCNC4)n3)cc2N1. The first-order chi connectivity index (χ1) is 12.7. The molecule has 0 aliphatic carbocycles. The summed E-state index contributed by atoms with van der Waals surface area (Å²) in [5.74, 6) is 1.94. The molecule has 8 heteroatoms. The van der Waals surface area contributed by atoms with Gasteiger partial charge in [0.15, 0.2) is 0 Å². The highest BCUT2D eigenvalue weighted by Gasteiger charge is 2.18. The van der Waals surface area contributed by atoms with Crippen molar-refractivity contribution in [2.45, 2.75) is 19.3 Å². The highest BCUT2D eigenvalue weighted by molar-refractivity contribution is 9.10. The summed E-state index contributed by atoms with van der Waals surface area (Å²) >= 11 is 3.51. The van der Waals surface area contributed by atoms with E-state index in [-0.39, 0.29) is 5.91 Å². The van der Waals surface area contributed by atoms with Crippen LogP contribution in [-0.2, 0) is 11.2 Å². The Morgan fingerprint density at radius 2 is 2.27 bits per heavy atom. The molecule has 4 rings (SSSR count). The number of rotatable bonds is 5. The zero-order valence-corrected chi connectivity index (χ0v) is 15.9. The molecule has 136 valence electrons. The lowest BCUT2D eigenvalue weighted by atomic mass is 10.00. The maximum atomic E-state index is 11.5. The van der Waals surface area contributed by atoms with Gasteiger partial charge in [-0.15, -0.1) is 0 Å². The standard InChI is InChI=1S/C18H21BrN6O/c19-14-10-22-18(25-17(14)21-9-11-2-1-5-20-8-11)23-13-4-3-12-6-16(26)24-15(12)7-13/h3-4,7,10-11,20H,1-2,5-6,8-9H2,(H,24,26)(H2,21,22,23,25). The Labute approximate surface area is 160 Å². The molecule has 1 unspecified atom stereocenters. The van der Waals surface area contributed by atoms with Crippen LogP contribution < -0.4 is 21.3 Å². The van der Waals surface area contributed by atoms with Crippen molar-refractivity contribution in [3.05, 3.63) is 34.4 Å². The predicted octanol–water partition coefficient (Wildman–Crippen LogP) is 2.89. The Hall–Kier alpha value is -2.19. The molecule has 2 aliphatic rings. The fourth-order valence-corrected chi connectivity index (χ4v) is 3.64.